The summed E-state index contributed by atoms with van der Waals surface area (Å²) in [6.45, 7) is 2.63. The lowest BCUT2D eigenvalue weighted by molar-refractivity contribution is -0.385. The van der Waals surface area contributed by atoms with Crippen LogP contribution in [0.5, 0.6) is 5.75 Å². The zero-order valence-corrected chi connectivity index (χ0v) is 12.0. The molecule has 0 amide bonds. The van der Waals surface area contributed by atoms with Crippen LogP contribution in [0.1, 0.15) is 28.8 Å². The number of benzene rings is 1. The van der Waals surface area contributed by atoms with E-state index in [9.17, 15) is 14.9 Å². The number of nitrogens with zero attached hydrogens (tertiary/aromatic N) is 2. The van der Waals surface area contributed by atoms with E-state index in [1.165, 1.54) is 18.9 Å². The van der Waals surface area contributed by atoms with Gasteiger partial charge >= 0.3 is 5.97 Å². The van der Waals surface area contributed by atoms with Crippen molar-refractivity contribution in [2.75, 3.05) is 20.2 Å². The van der Waals surface area contributed by atoms with Gasteiger partial charge in [0.2, 0.25) is 0 Å². The maximum absolute atomic E-state index is 11.0. The second kappa shape index (κ2) is 6.09. The standard InChI is InChI=1S/C14H18N2O5/c1-9-12(16(19)20)7-10(14(17)18)8-13(9)21-6-5-15(2)11-3-4-11/h7-8,11H,3-6H2,1-2H3,(H,17,18). The fourth-order valence-corrected chi connectivity index (χ4v) is 2.13. The van der Waals surface area contributed by atoms with E-state index in [1.807, 2.05) is 7.05 Å². The molecule has 0 aliphatic heterocycles. The van der Waals surface area contributed by atoms with Gasteiger partial charge in [-0.1, -0.05) is 0 Å². The summed E-state index contributed by atoms with van der Waals surface area (Å²) in [6.07, 6.45) is 2.38. The largest absolute Gasteiger partial charge is 0.492 e. The Morgan fingerprint density at radius 1 is 1.52 bits per heavy atom. The van der Waals surface area contributed by atoms with E-state index in [-0.39, 0.29) is 17.0 Å². The number of carbonyl (C=O) groups is 1. The first-order valence-corrected chi connectivity index (χ1v) is 6.75. The van der Waals surface area contributed by atoms with Crippen LogP contribution in [-0.2, 0) is 0 Å². The van der Waals surface area contributed by atoms with E-state index in [1.54, 1.807) is 6.92 Å². The van der Waals surface area contributed by atoms with Crippen LogP contribution in [0.3, 0.4) is 0 Å². The van der Waals surface area contributed by atoms with E-state index >= 15 is 0 Å². The molecule has 0 unspecified atom stereocenters. The Morgan fingerprint density at radius 2 is 2.19 bits per heavy atom. The SMILES string of the molecule is Cc1c(OCCN(C)C2CC2)cc(C(=O)O)cc1[N+](=O)[O-]. The lowest BCUT2D eigenvalue weighted by atomic mass is 10.1. The highest BCUT2D eigenvalue weighted by Crippen LogP contribution is 2.30. The molecule has 7 heteroatoms. The van der Waals surface area contributed by atoms with E-state index in [4.69, 9.17) is 9.84 Å². The number of rotatable bonds is 7. The van der Waals surface area contributed by atoms with Gasteiger partial charge in [0.25, 0.3) is 5.69 Å². The smallest absolute Gasteiger partial charge is 0.336 e. The number of hydrogen-bond donors (Lipinski definition) is 1. The van der Waals surface area contributed by atoms with Crippen molar-refractivity contribution in [1.29, 1.82) is 0 Å². The van der Waals surface area contributed by atoms with E-state index in [0.29, 0.717) is 24.8 Å². The third-order valence-corrected chi connectivity index (χ3v) is 3.65. The number of nitro groups is 1. The van der Waals surface area contributed by atoms with Crippen molar-refractivity contribution in [3.63, 3.8) is 0 Å². The average molecular weight is 294 g/mol. The molecule has 0 atom stereocenters. The molecule has 7 nitrogen and oxygen atoms in total. The van der Waals surface area contributed by atoms with Crippen LogP contribution >= 0.6 is 0 Å². The van der Waals surface area contributed by atoms with Crippen LogP contribution in [0.15, 0.2) is 12.1 Å². The Labute approximate surface area is 122 Å². The Hall–Kier alpha value is -2.15. The molecule has 0 spiro atoms. The lowest BCUT2D eigenvalue weighted by Crippen LogP contribution is -2.26. The Balaban J connectivity index is 2.12. The van der Waals surface area contributed by atoms with Crippen molar-refractivity contribution in [2.45, 2.75) is 25.8 Å². The van der Waals surface area contributed by atoms with E-state index < -0.39 is 10.9 Å². The second-order valence-electron chi connectivity index (χ2n) is 5.24. The van der Waals surface area contributed by atoms with Crippen molar-refractivity contribution >= 4 is 11.7 Å². The van der Waals surface area contributed by atoms with Crippen molar-refractivity contribution in [3.8, 4) is 5.75 Å². The van der Waals surface area contributed by atoms with Crippen LogP contribution in [-0.4, -0.2) is 47.1 Å². The number of aromatic carboxylic acids is 1. The summed E-state index contributed by atoms with van der Waals surface area (Å²) in [5, 5.41) is 20.0. The van der Waals surface area contributed by atoms with Gasteiger partial charge in [-0.3, -0.25) is 10.1 Å². The van der Waals surface area contributed by atoms with Crippen LogP contribution in [0.25, 0.3) is 0 Å². The molecule has 1 aromatic rings. The molecular formula is C14H18N2O5. The maximum atomic E-state index is 11.0. The first kappa shape index (κ1) is 15.2. The number of ether oxygens (including phenoxy) is 1. The zero-order valence-electron chi connectivity index (χ0n) is 12.0. The number of carboxylic acids is 1. The second-order valence-corrected chi connectivity index (χ2v) is 5.24. The highest BCUT2D eigenvalue weighted by Gasteiger charge is 2.26. The molecule has 0 aromatic heterocycles. The topological polar surface area (TPSA) is 92.9 Å². The lowest BCUT2D eigenvalue weighted by Gasteiger charge is -2.16. The normalized spacial score (nSPS) is 14.2. The predicted octanol–water partition coefficient (Wildman–Crippen LogP) is 2.07. The van der Waals surface area contributed by atoms with E-state index in [2.05, 4.69) is 4.90 Å². The molecule has 1 aliphatic rings. The molecule has 0 saturated heterocycles. The van der Waals surface area contributed by atoms with Gasteiger partial charge in [0.1, 0.15) is 12.4 Å². The van der Waals surface area contributed by atoms with Gasteiger partial charge in [-0.15, -0.1) is 0 Å². The fraction of sp³-hybridized carbons (Fsp3) is 0.500. The molecule has 0 heterocycles. The number of carboxylic acid groups (broad SMARTS) is 1. The summed E-state index contributed by atoms with van der Waals surface area (Å²) >= 11 is 0. The average Bonchev–Trinajstić information content (AvgIpc) is 3.24. The first-order chi connectivity index (χ1) is 9.90. The Kier molecular flexibility index (Phi) is 4.42. The fourth-order valence-electron chi connectivity index (χ4n) is 2.13. The van der Waals surface area contributed by atoms with Gasteiger partial charge in [-0.2, -0.15) is 0 Å². The summed E-state index contributed by atoms with van der Waals surface area (Å²) in [5.74, 6) is -0.955. The molecule has 2 rings (SSSR count). The Morgan fingerprint density at radius 3 is 2.71 bits per heavy atom. The summed E-state index contributed by atoms with van der Waals surface area (Å²) in [4.78, 5) is 23.6. The molecule has 114 valence electrons. The molecule has 1 saturated carbocycles. The monoisotopic (exact) mass is 294 g/mol. The van der Waals surface area contributed by atoms with Crippen LogP contribution < -0.4 is 4.74 Å². The van der Waals surface area contributed by atoms with Gasteiger partial charge in [-0.25, -0.2) is 4.79 Å². The van der Waals surface area contributed by atoms with Crippen molar-refractivity contribution in [2.24, 2.45) is 0 Å². The summed E-state index contributed by atoms with van der Waals surface area (Å²) in [6, 6.07) is 3.00. The number of nitro benzene ring substituents is 1. The minimum absolute atomic E-state index is 0.141. The molecule has 1 aromatic carbocycles. The summed E-state index contributed by atoms with van der Waals surface area (Å²) in [5.41, 5.74) is -0.0302. The number of likely N-dealkylation sites (N-methyl/N-ethyl adjacent to an activating group) is 1. The van der Waals surface area contributed by atoms with Crippen molar-refractivity contribution in [3.05, 3.63) is 33.4 Å². The van der Waals surface area contributed by atoms with Gasteiger partial charge in [0.05, 0.1) is 16.1 Å². The van der Waals surface area contributed by atoms with Crippen LogP contribution in [0.4, 0.5) is 5.69 Å². The quantitative estimate of drug-likeness (QED) is 0.611. The van der Waals surface area contributed by atoms with Crippen LogP contribution in [0, 0.1) is 17.0 Å². The zero-order chi connectivity index (χ0) is 15.6. The summed E-state index contributed by atoms with van der Waals surface area (Å²) < 4.78 is 5.56. The van der Waals surface area contributed by atoms with Gasteiger partial charge in [0.15, 0.2) is 0 Å². The minimum Gasteiger partial charge on any atom is -0.492 e. The molecule has 1 fully saturated rings. The van der Waals surface area contributed by atoms with Crippen molar-refractivity contribution < 1.29 is 19.6 Å². The molecule has 0 bridgehead atoms. The highest BCUT2D eigenvalue weighted by molar-refractivity contribution is 5.89. The molecule has 0 radical (unpaired) electrons. The van der Waals surface area contributed by atoms with Gasteiger partial charge < -0.3 is 14.7 Å². The third-order valence-electron chi connectivity index (χ3n) is 3.65. The third kappa shape index (κ3) is 3.69. The first-order valence-electron chi connectivity index (χ1n) is 6.75. The Bertz CT molecular complexity index is 569. The predicted molar refractivity (Wildman–Crippen MR) is 75.9 cm³/mol. The number of hydrogen-bond acceptors (Lipinski definition) is 5. The van der Waals surface area contributed by atoms with E-state index in [0.717, 1.165) is 6.07 Å². The molecule has 21 heavy (non-hydrogen) atoms. The van der Waals surface area contributed by atoms with Crippen LogP contribution in [0.2, 0.25) is 0 Å². The highest BCUT2D eigenvalue weighted by atomic mass is 16.6. The summed E-state index contributed by atoms with van der Waals surface area (Å²) in [7, 11) is 2.00. The minimum atomic E-state index is -1.21. The van der Waals surface area contributed by atoms with Gasteiger partial charge in [-0.05, 0) is 32.9 Å². The molecule has 1 N–H and O–H groups in total. The van der Waals surface area contributed by atoms with Crippen molar-refractivity contribution in [1.82, 2.24) is 4.90 Å². The maximum Gasteiger partial charge on any atom is 0.336 e. The molecule has 1 aliphatic carbocycles. The van der Waals surface area contributed by atoms with Gasteiger partial charge in [0, 0.05) is 18.7 Å². The molecular weight excluding hydrogens is 276 g/mol.